The third kappa shape index (κ3) is 2.56. The summed E-state index contributed by atoms with van der Waals surface area (Å²) in [7, 11) is 0. The molecule has 1 saturated heterocycles. The Morgan fingerprint density at radius 3 is 2.79 bits per heavy atom. The average molecular weight is 255 g/mol. The van der Waals surface area contributed by atoms with E-state index >= 15 is 0 Å². The molecule has 2 aromatic rings. The van der Waals surface area contributed by atoms with Crippen molar-refractivity contribution in [3.8, 4) is 0 Å². The molecular weight excluding hydrogens is 234 g/mol. The van der Waals surface area contributed by atoms with E-state index in [0.717, 1.165) is 44.5 Å². The van der Waals surface area contributed by atoms with Crippen LogP contribution in [0.25, 0.3) is 10.9 Å². The number of hydrogen-bond acceptors (Lipinski definition) is 3. The van der Waals surface area contributed by atoms with E-state index in [9.17, 15) is 0 Å². The molecule has 2 heterocycles. The van der Waals surface area contributed by atoms with Gasteiger partial charge in [-0.15, -0.1) is 0 Å². The number of aromatic nitrogens is 1. The minimum atomic E-state index is 1.06. The van der Waals surface area contributed by atoms with Crippen LogP contribution in [0.5, 0.6) is 0 Å². The highest BCUT2D eigenvalue weighted by molar-refractivity contribution is 5.92. The number of anilines is 1. The van der Waals surface area contributed by atoms with E-state index in [1.807, 2.05) is 0 Å². The molecule has 3 heteroatoms. The van der Waals surface area contributed by atoms with Crippen LogP contribution in [0.15, 0.2) is 30.3 Å². The first-order valence-corrected chi connectivity index (χ1v) is 7.23. The Morgan fingerprint density at radius 1 is 1.21 bits per heavy atom. The van der Waals surface area contributed by atoms with Crippen molar-refractivity contribution in [2.24, 2.45) is 0 Å². The van der Waals surface area contributed by atoms with Gasteiger partial charge in [0, 0.05) is 42.9 Å². The first kappa shape index (κ1) is 12.4. The van der Waals surface area contributed by atoms with E-state index in [0.29, 0.717) is 0 Å². The molecule has 0 unspecified atom stereocenters. The maximum Gasteiger partial charge on any atom is 0.0726 e. The SMILES string of the molecule is CCCc1cc(N2CCNCC2)c2ccccc2n1. The van der Waals surface area contributed by atoms with E-state index < -0.39 is 0 Å². The summed E-state index contributed by atoms with van der Waals surface area (Å²) in [6, 6.07) is 10.8. The van der Waals surface area contributed by atoms with Gasteiger partial charge in [0.05, 0.1) is 5.52 Å². The van der Waals surface area contributed by atoms with Crippen LogP contribution in [0.3, 0.4) is 0 Å². The van der Waals surface area contributed by atoms with E-state index in [-0.39, 0.29) is 0 Å². The molecule has 1 fully saturated rings. The number of piperazine rings is 1. The fourth-order valence-corrected chi connectivity index (χ4v) is 2.76. The third-order valence-corrected chi connectivity index (χ3v) is 3.71. The van der Waals surface area contributed by atoms with E-state index in [1.165, 1.54) is 16.8 Å². The number of benzene rings is 1. The topological polar surface area (TPSA) is 28.2 Å². The number of nitrogens with one attached hydrogen (secondary N) is 1. The summed E-state index contributed by atoms with van der Waals surface area (Å²) in [5.74, 6) is 0. The van der Waals surface area contributed by atoms with Crippen molar-refractivity contribution < 1.29 is 0 Å². The molecule has 19 heavy (non-hydrogen) atoms. The molecule has 0 aliphatic carbocycles. The van der Waals surface area contributed by atoms with Gasteiger partial charge < -0.3 is 10.2 Å². The number of rotatable bonds is 3. The minimum absolute atomic E-state index is 1.06. The van der Waals surface area contributed by atoms with Gasteiger partial charge in [0.1, 0.15) is 0 Å². The van der Waals surface area contributed by atoms with Crippen molar-refractivity contribution in [1.82, 2.24) is 10.3 Å². The van der Waals surface area contributed by atoms with Crippen LogP contribution in [0, 0.1) is 0 Å². The van der Waals surface area contributed by atoms with Crippen molar-refractivity contribution in [3.63, 3.8) is 0 Å². The van der Waals surface area contributed by atoms with Gasteiger partial charge in [0.25, 0.3) is 0 Å². The molecule has 1 aromatic heterocycles. The van der Waals surface area contributed by atoms with E-state index in [4.69, 9.17) is 4.98 Å². The van der Waals surface area contributed by atoms with Crippen molar-refractivity contribution in [2.75, 3.05) is 31.1 Å². The van der Waals surface area contributed by atoms with Crippen LogP contribution in [0.1, 0.15) is 19.0 Å². The fourth-order valence-electron chi connectivity index (χ4n) is 2.76. The van der Waals surface area contributed by atoms with Crippen molar-refractivity contribution in [3.05, 3.63) is 36.0 Å². The molecular formula is C16H21N3. The summed E-state index contributed by atoms with van der Waals surface area (Å²) in [4.78, 5) is 7.26. The molecule has 3 nitrogen and oxygen atoms in total. The molecule has 3 rings (SSSR count). The number of hydrogen-bond donors (Lipinski definition) is 1. The molecule has 0 atom stereocenters. The average Bonchev–Trinajstić information content (AvgIpc) is 2.48. The lowest BCUT2D eigenvalue weighted by Gasteiger charge is -2.30. The Morgan fingerprint density at radius 2 is 2.00 bits per heavy atom. The molecule has 0 spiro atoms. The lowest BCUT2D eigenvalue weighted by molar-refractivity contribution is 0.590. The van der Waals surface area contributed by atoms with E-state index in [2.05, 4.69) is 47.5 Å². The van der Waals surface area contributed by atoms with Crippen molar-refractivity contribution in [2.45, 2.75) is 19.8 Å². The van der Waals surface area contributed by atoms with E-state index in [1.54, 1.807) is 0 Å². The highest BCUT2D eigenvalue weighted by Crippen LogP contribution is 2.27. The van der Waals surface area contributed by atoms with Gasteiger partial charge in [0.15, 0.2) is 0 Å². The molecule has 0 radical (unpaired) electrons. The maximum atomic E-state index is 4.78. The lowest BCUT2D eigenvalue weighted by Crippen LogP contribution is -2.43. The van der Waals surface area contributed by atoms with Crippen LogP contribution in [-0.4, -0.2) is 31.2 Å². The van der Waals surface area contributed by atoms with Crippen molar-refractivity contribution >= 4 is 16.6 Å². The second-order valence-corrected chi connectivity index (χ2v) is 5.14. The predicted octanol–water partition coefficient (Wildman–Crippen LogP) is 2.60. The van der Waals surface area contributed by atoms with Crippen LogP contribution >= 0.6 is 0 Å². The molecule has 1 aromatic carbocycles. The number of para-hydroxylation sites is 1. The van der Waals surface area contributed by atoms with Gasteiger partial charge in [0.2, 0.25) is 0 Å². The fraction of sp³-hybridized carbons (Fsp3) is 0.438. The predicted molar refractivity (Wildman–Crippen MR) is 80.8 cm³/mol. The number of aryl methyl sites for hydroxylation is 1. The lowest BCUT2D eigenvalue weighted by atomic mass is 10.1. The molecule has 1 aliphatic rings. The number of fused-ring (bicyclic) bond motifs is 1. The zero-order chi connectivity index (χ0) is 13.1. The van der Waals surface area contributed by atoms with Crippen LogP contribution in [0.4, 0.5) is 5.69 Å². The zero-order valence-corrected chi connectivity index (χ0v) is 11.5. The van der Waals surface area contributed by atoms with Gasteiger partial charge in [-0.1, -0.05) is 31.5 Å². The summed E-state index contributed by atoms with van der Waals surface area (Å²) in [6.07, 6.45) is 2.20. The Balaban J connectivity index is 2.08. The smallest absolute Gasteiger partial charge is 0.0726 e. The molecule has 0 amide bonds. The Kier molecular flexibility index (Phi) is 3.65. The minimum Gasteiger partial charge on any atom is -0.368 e. The highest BCUT2D eigenvalue weighted by atomic mass is 15.2. The maximum absolute atomic E-state index is 4.78. The Bertz CT molecular complexity index is 559. The van der Waals surface area contributed by atoms with Crippen LogP contribution in [0.2, 0.25) is 0 Å². The second kappa shape index (κ2) is 5.57. The standard InChI is InChI=1S/C16H21N3/c1-2-5-13-12-16(19-10-8-17-9-11-19)14-6-3-4-7-15(14)18-13/h3-4,6-7,12,17H,2,5,8-11H2,1H3. The summed E-state index contributed by atoms with van der Waals surface area (Å²) < 4.78 is 0. The molecule has 1 N–H and O–H groups in total. The number of pyridine rings is 1. The summed E-state index contributed by atoms with van der Waals surface area (Å²) in [5.41, 5.74) is 3.70. The van der Waals surface area contributed by atoms with Gasteiger partial charge in [-0.05, 0) is 18.6 Å². The first-order valence-electron chi connectivity index (χ1n) is 7.23. The van der Waals surface area contributed by atoms with Gasteiger partial charge in [-0.25, -0.2) is 0 Å². The van der Waals surface area contributed by atoms with Gasteiger partial charge in [-0.3, -0.25) is 4.98 Å². The Hall–Kier alpha value is -1.61. The summed E-state index contributed by atoms with van der Waals surface area (Å²) >= 11 is 0. The monoisotopic (exact) mass is 255 g/mol. The van der Waals surface area contributed by atoms with Gasteiger partial charge >= 0.3 is 0 Å². The second-order valence-electron chi connectivity index (χ2n) is 5.14. The van der Waals surface area contributed by atoms with Crippen LogP contribution in [-0.2, 0) is 6.42 Å². The molecule has 0 bridgehead atoms. The first-order chi connectivity index (χ1) is 9.38. The normalized spacial score (nSPS) is 15.9. The molecule has 0 saturated carbocycles. The third-order valence-electron chi connectivity index (χ3n) is 3.71. The van der Waals surface area contributed by atoms with Gasteiger partial charge in [-0.2, -0.15) is 0 Å². The largest absolute Gasteiger partial charge is 0.368 e. The Labute approximate surface area is 114 Å². The quantitative estimate of drug-likeness (QED) is 0.913. The summed E-state index contributed by atoms with van der Waals surface area (Å²) in [5, 5.41) is 4.70. The van der Waals surface area contributed by atoms with Crippen LogP contribution < -0.4 is 10.2 Å². The zero-order valence-electron chi connectivity index (χ0n) is 11.5. The molecule has 1 aliphatic heterocycles. The van der Waals surface area contributed by atoms with Crippen molar-refractivity contribution in [1.29, 1.82) is 0 Å². The molecule has 100 valence electrons. The highest BCUT2D eigenvalue weighted by Gasteiger charge is 2.14. The number of nitrogens with zero attached hydrogens (tertiary/aromatic N) is 2. The summed E-state index contributed by atoms with van der Waals surface area (Å²) in [6.45, 7) is 6.51.